The number of hydrogen-bond donors (Lipinski definition) is 1. The Bertz CT molecular complexity index is 386. The van der Waals surface area contributed by atoms with Gasteiger partial charge in [0.2, 0.25) is 0 Å². The van der Waals surface area contributed by atoms with Crippen molar-refractivity contribution < 1.29 is 4.79 Å². The van der Waals surface area contributed by atoms with Crippen LogP contribution >= 0.6 is 23.7 Å². The highest BCUT2D eigenvalue weighted by atomic mass is 35.5. The minimum Gasteiger partial charge on any atom is -0.339 e. The zero-order chi connectivity index (χ0) is 12.3. The highest BCUT2D eigenvalue weighted by Crippen LogP contribution is 2.21. The summed E-state index contributed by atoms with van der Waals surface area (Å²) in [4.78, 5) is 14.3. The van der Waals surface area contributed by atoms with Crippen molar-refractivity contribution in [2.75, 3.05) is 26.7 Å². The van der Waals surface area contributed by atoms with Crippen LogP contribution in [0.5, 0.6) is 0 Å². The fourth-order valence-electron chi connectivity index (χ4n) is 2.38. The Labute approximate surface area is 119 Å². The topological polar surface area (TPSA) is 32.3 Å². The highest BCUT2D eigenvalue weighted by molar-refractivity contribution is 7.08. The molecule has 0 radical (unpaired) electrons. The van der Waals surface area contributed by atoms with Gasteiger partial charge in [0, 0.05) is 18.5 Å². The normalized spacial score (nSPS) is 16.4. The van der Waals surface area contributed by atoms with E-state index in [1.165, 1.54) is 0 Å². The fraction of sp³-hybridized carbons (Fsp3) is 0.615. The van der Waals surface area contributed by atoms with Crippen molar-refractivity contribution >= 4 is 29.7 Å². The first kappa shape index (κ1) is 15.5. The van der Waals surface area contributed by atoms with Crippen LogP contribution in [0.3, 0.4) is 0 Å². The molecule has 18 heavy (non-hydrogen) atoms. The Morgan fingerprint density at radius 1 is 1.44 bits per heavy atom. The summed E-state index contributed by atoms with van der Waals surface area (Å²) in [5, 5.41) is 7.23. The summed E-state index contributed by atoms with van der Waals surface area (Å²) in [7, 11) is 1.99. The summed E-state index contributed by atoms with van der Waals surface area (Å²) in [6, 6.07) is 0. The Morgan fingerprint density at radius 3 is 2.61 bits per heavy atom. The van der Waals surface area contributed by atoms with Gasteiger partial charge in [-0.2, -0.15) is 11.3 Å². The van der Waals surface area contributed by atoms with E-state index in [1.54, 1.807) is 11.3 Å². The van der Waals surface area contributed by atoms with Gasteiger partial charge in [-0.3, -0.25) is 4.79 Å². The second-order valence-corrected chi connectivity index (χ2v) is 5.51. The van der Waals surface area contributed by atoms with E-state index in [9.17, 15) is 4.79 Å². The molecule has 102 valence electrons. The molecule has 1 aromatic heterocycles. The third kappa shape index (κ3) is 3.46. The predicted octanol–water partition coefficient (Wildman–Crippen LogP) is 2.55. The molecule has 1 aromatic rings. The lowest BCUT2D eigenvalue weighted by molar-refractivity contribution is 0.0691. The molecule has 0 saturated carbocycles. The first-order valence-electron chi connectivity index (χ1n) is 6.19. The summed E-state index contributed by atoms with van der Waals surface area (Å²) in [6.07, 6.45) is 2.24. The molecule has 0 atom stereocenters. The number of carbonyl (C=O) groups excluding carboxylic acids is 1. The van der Waals surface area contributed by atoms with Crippen molar-refractivity contribution in [3.05, 3.63) is 21.9 Å². The maximum absolute atomic E-state index is 12.3. The first-order valence-corrected chi connectivity index (χ1v) is 7.13. The summed E-state index contributed by atoms with van der Waals surface area (Å²) in [6.45, 7) is 4.89. The van der Waals surface area contributed by atoms with Crippen LogP contribution in [0.15, 0.2) is 10.8 Å². The number of nitrogens with one attached hydrogen (secondary N) is 1. The average Bonchev–Trinajstić information content (AvgIpc) is 2.76. The molecule has 0 aliphatic carbocycles. The molecule has 3 nitrogen and oxygen atoms in total. The summed E-state index contributed by atoms with van der Waals surface area (Å²) < 4.78 is 0. The van der Waals surface area contributed by atoms with Crippen LogP contribution in [0.25, 0.3) is 0 Å². The molecule has 0 unspecified atom stereocenters. The summed E-state index contributed by atoms with van der Waals surface area (Å²) >= 11 is 1.61. The highest BCUT2D eigenvalue weighted by Gasteiger charge is 2.24. The second-order valence-electron chi connectivity index (χ2n) is 4.76. The van der Waals surface area contributed by atoms with E-state index < -0.39 is 0 Å². The van der Waals surface area contributed by atoms with Crippen molar-refractivity contribution in [3.8, 4) is 0 Å². The Kier molecular flexibility index (Phi) is 6.12. The van der Waals surface area contributed by atoms with Gasteiger partial charge in [-0.05, 0) is 50.2 Å². The predicted molar refractivity (Wildman–Crippen MR) is 78.9 cm³/mol. The number of aryl methyl sites for hydroxylation is 1. The maximum atomic E-state index is 12.3. The number of rotatable bonds is 3. The molecule has 1 amide bonds. The molecule has 0 aromatic carbocycles. The van der Waals surface area contributed by atoms with Gasteiger partial charge in [0.15, 0.2) is 0 Å². The molecular weight excluding hydrogens is 268 g/mol. The summed E-state index contributed by atoms with van der Waals surface area (Å²) in [5.74, 6) is 0.944. The van der Waals surface area contributed by atoms with E-state index in [4.69, 9.17) is 0 Å². The van der Waals surface area contributed by atoms with Gasteiger partial charge in [0.25, 0.3) is 5.91 Å². The van der Waals surface area contributed by atoms with Crippen LogP contribution in [-0.4, -0.2) is 37.5 Å². The quantitative estimate of drug-likeness (QED) is 0.927. The number of thiophene rings is 1. The molecule has 1 aliphatic heterocycles. The fourth-order valence-corrected chi connectivity index (χ4v) is 3.20. The van der Waals surface area contributed by atoms with Crippen molar-refractivity contribution in [2.24, 2.45) is 5.92 Å². The van der Waals surface area contributed by atoms with Crippen LogP contribution in [0, 0.1) is 12.8 Å². The number of piperidine rings is 1. The van der Waals surface area contributed by atoms with Crippen molar-refractivity contribution in [2.45, 2.75) is 19.8 Å². The lowest BCUT2D eigenvalue weighted by atomic mass is 9.96. The number of amides is 1. The molecule has 1 saturated heterocycles. The van der Waals surface area contributed by atoms with E-state index in [0.717, 1.165) is 49.5 Å². The van der Waals surface area contributed by atoms with E-state index in [2.05, 4.69) is 5.32 Å². The Hall–Kier alpha value is -0.580. The van der Waals surface area contributed by atoms with Gasteiger partial charge in [0.1, 0.15) is 0 Å². The third-order valence-electron chi connectivity index (χ3n) is 3.48. The number of carbonyl (C=O) groups is 1. The molecule has 1 aliphatic rings. The first-order chi connectivity index (χ1) is 8.22. The van der Waals surface area contributed by atoms with E-state index in [1.807, 2.05) is 29.6 Å². The third-order valence-corrected chi connectivity index (χ3v) is 4.34. The molecule has 1 fully saturated rings. The largest absolute Gasteiger partial charge is 0.339 e. The number of nitrogens with zero attached hydrogens (tertiary/aromatic N) is 1. The van der Waals surface area contributed by atoms with Crippen LogP contribution in [0.4, 0.5) is 0 Å². The SMILES string of the molecule is CNCC1CCN(C(=O)c2cscc2C)CC1.Cl. The molecule has 2 rings (SSSR count). The second kappa shape index (κ2) is 7.12. The van der Waals surface area contributed by atoms with Crippen molar-refractivity contribution in [3.63, 3.8) is 0 Å². The standard InChI is InChI=1S/C13H20N2OS.ClH/c1-10-8-17-9-12(10)13(16)15-5-3-11(4-6-15)7-14-2;/h8-9,11,14H,3-7H2,1-2H3;1H. The Morgan fingerprint density at radius 2 is 2.11 bits per heavy atom. The Balaban J connectivity index is 0.00000162. The monoisotopic (exact) mass is 288 g/mol. The zero-order valence-corrected chi connectivity index (χ0v) is 12.6. The van der Waals surface area contributed by atoms with E-state index in [0.29, 0.717) is 0 Å². The molecule has 0 spiro atoms. The van der Waals surface area contributed by atoms with Crippen molar-refractivity contribution in [1.82, 2.24) is 10.2 Å². The van der Waals surface area contributed by atoms with Gasteiger partial charge in [-0.25, -0.2) is 0 Å². The van der Waals surface area contributed by atoms with E-state index >= 15 is 0 Å². The molecule has 2 heterocycles. The number of likely N-dealkylation sites (tertiary alicyclic amines) is 1. The maximum Gasteiger partial charge on any atom is 0.254 e. The van der Waals surface area contributed by atoms with Crippen LogP contribution in [0.2, 0.25) is 0 Å². The van der Waals surface area contributed by atoms with Gasteiger partial charge in [-0.1, -0.05) is 0 Å². The number of hydrogen-bond acceptors (Lipinski definition) is 3. The van der Waals surface area contributed by atoms with Crippen LogP contribution in [-0.2, 0) is 0 Å². The van der Waals surface area contributed by atoms with Crippen LogP contribution < -0.4 is 5.32 Å². The smallest absolute Gasteiger partial charge is 0.254 e. The molecule has 0 bridgehead atoms. The number of halogens is 1. The average molecular weight is 289 g/mol. The van der Waals surface area contributed by atoms with Gasteiger partial charge in [-0.15, -0.1) is 12.4 Å². The minimum atomic E-state index is 0. The summed E-state index contributed by atoms with van der Waals surface area (Å²) in [5.41, 5.74) is 2.00. The zero-order valence-electron chi connectivity index (χ0n) is 10.9. The minimum absolute atomic E-state index is 0. The molecular formula is C13H21ClN2OS. The lowest BCUT2D eigenvalue weighted by Crippen LogP contribution is -2.40. The van der Waals surface area contributed by atoms with Crippen LogP contribution in [0.1, 0.15) is 28.8 Å². The van der Waals surface area contributed by atoms with E-state index in [-0.39, 0.29) is 18.3 Å². The lowest BCUT2D eigenvalue weighted by Gasteiger charge is -2.32. The molecule has 5 heteroatoms. The van der Waals surface area contributed by atoms with Gasteiger partial charge in [0.05, 0.1) is 5.56 Å². The van der Waals surface area contributed by atoms with Crippen molar-refractivity contribution in [1.29, 1.82) is 0 Å². The van der Waals surface area contributed by atoms with Gasteiger partial charge < -0.3 is 10.2 Å². The van der Waals surface area contributed by atoms with Gasteiger partial charge >= 0.3 is 0 Å². The molecule has 1 N–H and O–H groups in total.